The molecule has 2 aromatic heterocycles. The number of aromatic amines is 1. The van der Waals surface area contributed by atoms with E-state index in [9.17, 15) is 0 Å². The van der Waals surface area contributed by atoms with E-state index in [1.54, 1.807) is 33.5 Å². The molecule has 3 aromatic rings. The quantitative estimate of drug-likeness (QED) is 0.718. The van der Waals surface area contributed by atoms with E-state index >= 15 is 0 Å². The van der Waals surface area contributed by atoms with Crippen LogP contribution in [0.2, 0.25) is 0 Å². The molecular weight excluding hydrogens is 310 g/mol. The fourth-order valence-electron chi connectivity index (χ4n) is 2.24. The zero-order chi connectivity index (χ0) is 16.9. The molecule has 0 spiro atoms. The molecule has 0 bridgehead atoms. The van der Waals surface area contributed by atoms with Gasteiger partial charge in [0.1, 0.15) is 6.33 Å². The summed E-state index contributed by atoms with van der Waals surface area (Å²) in [7, 11) is 4.68. The number of methoxy groups -OCH3 is 3. The largest absolute Gasteiger partial charge is 0.493 e. The molecule has 0 aliphatic carbocycles. The van der Waals surface area contributed by atoms with Gasteiger partial charge in [0, 0.05) is 24.0 Å². The lowest BCUT2D eigenvalue weighted by Crippen LogP contribution is -2.02. The predicted octanol–water partition coefficient (Wildman–Crippen LogP) is 2.64. The van der Waals surface area contributed by atoms with Crippen LogP contribution in [0.15, 0.2) is 36.8 Å². The first kappa shape index (κ1) is 15.6. The van der Waals surface area contributed by atoms with Crippen molar-refractivity contribution in [1.82, 2.24) is 19.9 Å². The van der Waals surface area contributed by atoms with Gasteiger partial charge >= 0.3 is 0 Å². The summed E-state index contributed by atoms with van der Waals surface area (Å²) < 4.78 is 16.0. The molecule has 1 aromatic carbocycles. The Kier molecular flexibility index (Phi) is 4.46. The Bertz CT molecular complexity index is 795. The highest BCUT2D eigenvalue weighted by molar-refractivity contribution is 5.66. The molecule has 3 rings (SSSR count). The van der Waals surface area contributed by atoms with E-state index in [0.717, 1.165) is 5.69 Å². The first-order valence-electron chi connectivity index (χ1n) is 7.15. The molecule has 0 amide bonds. The molecule has 0 unspecified atom stereocenters. The summed E-state index contributed by atoms with van der Waals surface area (Å²) in [5.74, 6) is 2.55. The standard InChI is InChI=1S/C16H17N5O3/c1-22-12-7-10(8-13(23-2)14(12)24-3)20-16-19-9-18-15(21-16)11-5-4-6-17-11/h4-9,17H,1-3H3,(H,18,19,20,21). The Balaban J connectivity index is 1.92. The zero-order valence-electron chi connectivity index (χ0n) is 13.5. The smallest absolute Gasteiger partial charge is 0.230 e. The summed E-state index contributed by atoms with van der Waals surface area (Å²) >= 11 is 0. The fraction of sp³-hybridized carbons (Fsp3) is 0.188. The molecule has 8 nitrogen and oxygen atoms in total. The van der Waals surface area contributed by atoms with Crippen molar-refractivity contribution in [1.29, 1.82) is 0 Å². The van der Waals surface area contributed by atoms with Gasteiger partial charge in [0.25, 0.3) is 0 Å². The van der Waals surface area contributed by atoms with Gasteiger partial charge in [-0.25, -0.2) is 9.97 Å². The molecule has 0 fully saturated rings. The van der Waals surface area contributed by atoms with Crippen molar-refractivity contribution >= 4 is 11.6 Å². The van der Waals surface area contributed by atoms with Gasteiger partial charge in [-0.2, -0.15) is 4.98 Å². The normalized spacial score (nSPS) is 10.3. The topological polar surface area (TPSA) is 94.2 Å². The third-order valence-corrected chi connectivity index (χ3v) is 3.33. The molecule has 0 atom stereocenters. The summed E-state index contributed by atoms with van der Waals surface area (Å²) in [6.07, 6.45) is 3.26. The van der Waals surface area contributed by atoms with E-state index in [1.807, 2.05) is 18.3 Å². The van der Waals surface area contributed by atoms with Crippen LogP contribution in [0, 0.1) is 0 Å². The number of rotatable bonds is 6. The van der Waals surface area contributed by atoms with Crippen molar-refractivity contribution in [2.45, 2.75) is 0 Å². The van der Waals surface area contributed by atoms with Crippen molar-refractivity contribution in [2.24, 2.45) is 0 Å². The summed E-state index contributed by atoms with van der Waals surface area (Å²) in [4.78, 5) is 15.7. The molecule has 2 N–H and O–H groups in total. The molecule has 0 aliphatic rings. The maximum Gasteiger partial charge on any atom is 0.230 e. The third kappa shape index (κ3) is 3.07. The Morgan fingerprint density at radius 1 is 1.00 bits per heavy atom. The molecule has 0 aliphatic heterocycles. The zero-order valence-corrected chi connectivity index (χ0v) is 13.5. The maximum absolute atomic E-state index is 5.34. The Morgan fingerprint density at radius 3 is 2.33 bits per heavy atom. The van der Waals surface area contributed by atoms with Gasteiger partial charge in [-0.15, -0.1) is 0 Å². The number of hydrogen-bond donors (Lipinski definition) is 2. The van der Waals surface area contributed by atoms with Crippen LogP contribution in [0.5, 0.6) is 17.2 Å². The van der Waals surface area contributed by atoms with Crippen molar-refractivity contribution < 1.29 is 14.2 Å². The van der Waals surface area contributed by atoms with Gasteiger partial charge in [0.2, 0.25) is 11.7 Å². The number of nitrogens with one attached hydrogen (secondary N) is 2. The maximum atomic E-state index is 5.34. The number of anilines is 2. The summed E-state index contributed by atoms with van der Waals surface area (Å²) in [6, 6.07) is 7.32. The second kappa shape index (κ2) is 6.86. The van der Waals surface area contributed by atoms with E-state index in [-0.39, 0.29) is 0 Å². The number of aromatic nitrogens is 4. The third-order valence-electron chi connectivity index (χ3n) is 3.33. The van der Waals surface area contributed by atoms with Crippen molar-refractivity contribution in [3.8, 4) is 28.8 Å². The van der Waals surface area contributed by atoms with Gasteiger partial charge in [-0.05, 0) is 12.1 Å². The average molecular weight is 327 g/mol. The number of hydrogen-bond acceptors (Lipinski definition) is 7. The van der Waals surface area contributed by atoms with E-state index in [4.69, 9.17) is 14.2 Å². The van der Waals surface area contributed by atoms with Gasteiger partial charge in [0.05, 0.1) is 27.0 Å². The number of ether oxygens (including phenoxy) is 3. The van der Waals surface area contributed by atoms with Crippen LogP contribution in [0.4, 0.5) is 11.6 Å². The van der Waals surface area contributed by atoms with Crippen LogP contribution < -0.4 is 19.5 Å². The minimum absolute atomic E-state index is 0.406. The van der Waals surface area contributed by atoms with Crippen LogP contribution in [-0.2, 0) is 0 Å². The molecule has 0 saturated carbocycles. The van der Waals surface area contributed by atoms with Crippen LogP contribution >= 0.6 is 0 Å². The van der Waals surface area contributed by atoms with Crippen molar-refractivity contribution in [2.75, 3.05) is 26.6 Å². The van der Waals surface area contributed by atoms with Gasteiger partial charge in [0.15, 0.2) is 17.3 Å². The van der Waals surface area contributed by atoms with Crippen LogP contribution in [-0.4, -0.2) is 41.3 Å². The monoisotopic (exact) mass is 327 g/mol. The Labute approximate surface area is 138 Å². The summed E-state index contributed by atoms with van der Waals surface area (Å²) in [6.45, 7) is 0. The second-order valence-corrected chi connectivity index (χ2v) is 4.76. The summed E-state index contributed by atoms with van der Waals surface area (Å²) in [5, 5.41) is 3.12. The lowest BCUT2D eigenvalue weighted by Gasteiger charge is -2.14. The van der Waals surface area contributed by atoms with Gasteiger partial charge in [-0.1, -0.05) is 0 Å². The van der Waals surface area contributed by atoms with Crippen LogP contribution in [0.25, 0.3) is 11.5 Å². The highest BCUT2D eigenvalue weighted by atomic mass is 16.5. The highest BCUT2D eigenvalue weighted by Crippen LogP contribution is 2.40. The number of H-pyrrole nitrogens is 1. The molecule has 2 heterocycles. The molecule has 0 radical (unpaired) electrons. The SMILES string of the molecule is COc1cc(Nc2ncnc(-c3ccc[nH]3)n2)cc(OC)c1OC. The fourth-order valence-corrected chi connectivity index (χ4v) is 2.24. The predicted molar refractivity (Wildman–Crippen MR) is 89.0 cm³/mol. The van der Waals surface area contributed by atoms with Gasteiger partial charge in [-0.3, -0.25) is 0 Å². The molecule has 8 heteroatoms. The Morgan fingerprint density at radius 2 is 1.75 bits per heavy atom. The first-order chi connectivity index (χ1) is 11.7. The van der Waals surface area contributed by atoms with E-state index < -0.39 is 0 Å². The van der Waals surface area contributed by atoms with E-state index in [0.29, 0.717) is 34.7 Å². The molecule has 0 saturated heterocycles. The lowest BCUT2D eigenvalue weighted by molar-refractivity contribution is 0.324. The minimum atomic E-state index is 0.406. The number of nitrogens with zero attached hydrogens (tertiary/aromatic N) is 3. The highest BCUT2D eigenvalue weighted by Gasteiger charge is 2.14. The van der Waals surface area contributed by atoms with E-state index in [1.165, 1.54) is 6.33 Å². The number of benzene rings is 1. The van der Waals surface area contributed by atoms with E-state index in [2.05, 4.69) is 25.3 Å². The average Bonchev–Trinajstić information content (AvgIpc) is 3.15. The van der Waals surface area contributed by atoms with Crippen molar-refractivity contribution in [3.05, 3.63) is 36.8 Å². The second-order valence-electron chi connectivity index (χ2n) is 4.76. The van der Waals surface area contributed by atoms with Crippen LogP contribution in [0.3, 0.4) is 0 Å². The minimum Gasteiger partial charge on any atom is -0.493 e. The lowest BCUT2D eigenvalue weighted by atomic mass is 10.2. The van der Waals surface area contributed by atoms with Gasteiger partial charge < -0.3 is 24.5 Å². The van der Waals surface area contributed by atoms with Crippen LogP contribution in [0.1, 0.15) is 0 Å². The molecule has 24 heavy (non-hydrogen) atoms. The Hall–Kier alpha value is -3.29. The molecular formula is C16H17N5O3. The summed E-state index contributed by atoms with van der Waals surface area (Å²) in [5.41, 5.74) is 1.51. The molecule has 124 valence electrons. The first-order valence-corrected chi connectivity index (χ1v) is 7.15. The van der Waals surface area contributed by atoms with Crippen molar-refractivity contribution in [3.63, 3.8) is 0 Å².